The Hall–Kier alpha value is -2.17. The predicted octanol–water partition coefficient (Wildman–Crippen LogP) is 1.91. The Labute approximate surface area is 110 Å². The molecule has 0 fully saturated rings. The third-order valence-corrected chi connectivity index (χ3v) is 2.79. The highest BCUT2D eigenvalue weighted by Crippen LogP contribution is 2.09. The fourth-order valence-corrected chi connectivity index (χ4v) is 1.86. The van der Waals surface area contributed by atoms with E-state index in [9.17, 15) is 9.59 Å². The van der Waals surface area contributed by atoms with Crippen molar-refractivity contribution in [1.29, 1.82) is 0 Å². The van der Waals surface area contributed by atoms with Crippen LogP contribution in [-0.4, -0.2) is 16.1 Å². The second-order valence-corrected chi connectivity index (χ2v) is 4.30. The van der Waals surface area contributed by atoms with Crippen molar-refractivity contribution in [1.82, 2.24) is 9.78 Å². The van der Waals surface area contributed by atoms with Gasteiger partial charge in [-0.25, -0.2) is 4.79 Å². The van der Waals surface area contributed by atoms with Crippen molar-refractivity contribution in [3.05, 3.63) is 46.3 Å². The minimum Gasteiger partial charge on any atom is -0.392 e. The topological polar surface area (TPSA) is 65.1 Å². The number of aromatic nitrogens is 2. The first kappa shape index (κ1) is 13.3. The minimum absolute atomic E-state index is 0.287. The molecule has 1 heterocycles. The van der Waals surface area contributed by atoms with Gasteiger partial charge in [0.25, 0.3) is 0 Å². The maximum Gasteiger partial charge on any atom is 0.441 e. The number of carbonyl (C=O) groups is 1. The van der Waals surface area contributed by atoms with E-state index in [-0.39, 0.29) is 5.89 Å². The SMILES string of the molecule is CCCc1ccc(-n2nc(CCC=O)oc2=O)cc1. The monoisotopic (exact) mass is 260 g/mol. The lowest BCUT2D eigenvalue weighted by atomic mass is 10.1. The number of rotatable bonds is 6. The summed E-state index contributed by atoms with van der Waals surface area (Å²) in [6, 6.07) is 7.65. The van der Waals surface area contributed by atoms with Crippen molar-refractivity contribution in [2.24, 2.45) is 0 Å². The highest BCUT2D eigenvalue weighted by molar-refractivity contribution is 5.49. The van der Waals surface area contributed by atoms with Crippen LogP contribution in [-0.2, 0) is 17.6 Å². The van der Waals surface area contributed by atoms with Crippen LogP contribution in [0.15, 0.2) is 33.5 Å². The van der Waals surface area contributed by atoms with Crippen LogP contribution in [0, 0.1) is 0 Å². The quantitative estimate of drug-likeness (QED) is 0.744. The highest BCUT2D eigenvalue weighted by atomic mass is 16.4. The van der Waals surface area contributed by atoms with Gasteiger partial charge in [-0.05, 0) is 24.1 Å². The van der Waals surface area contributed by atoms with E-state index in [1.807, 2.05) is 24.3 Å². The maximum absolute atomic E-state index is 11.7. The predicted molar refractivity (Wildman–Crippen MR) is 70.5 cm³/mol. The summed E-state index contributed by atoms with van der Waals surface area (Å²) < 4.78 is 6.20. The number of nitrogens with zero attached hydrogens (tertiary/aromatic N) is 2. The molecule has 5 nitrogen and oxygen atoms in total. The summed E-state index contributed by atoms with van der Waals surface area (Å²) in [7, 11) is 0. The number of benzene rings is 1. The second-order valence-electron chi connectivity index (χ2n) is 4.30. The molecule has 1 aromatic heterocycles. The summed E-state index contributed by atoms with van der Waals surface area (Å²) in [6.45, 7) is 2.12. The normalized spacial score (nSPS) is 10.6. The van der Waals surface area contributed by atoms with Gasteiger partial charge >= 0.3 is 5.76 Å². The summed E-state index contributed by atoms with van der Waals surface area (Å²) in [6.07, 6.45) is 3.52. The Balaban J connectivity index is 2.23. The van der Waals surface area contributed by atoms with Gasteiger partial charge in [-0.15, -0.1) is 5.10 Å². The molecule has 0 spiro atoms. The molecule has 0 unspecified atom stereocenters. The van der Waals surface area contributed by atoms with Crippen molar-refractivity contribution in [3.8, 4) is 5.69 Å². The highest BCUT2D eigenvalue weighted by Gasteiger charge is 2.09. The van der Waals surface area contributed by atoms with E-state index in [1.54, 1.807) is 0 Å². The van der Waals surface area contributed by atoms with Gasteiger partial charge in [-0.1, -0.05) is 25.5 Å². The Kier molecular flexibility index (Phi) is 4.28. The molecule has 0 radical (unpaired) electrons. The molecule has 100 valence electrons. The summed E-state index contributed by atoms with van der Waals surface area (Å²) in [5, 5.41) is 4.07. The van der Waals surface area contributed by atoms with Crippen LogP contribution in [0.4, 0.5) is 0 Å². The van der Waals surface area contributed by atoms with Gasteiger partial charge in [0.2, 0.25) is 5.89 Å². The molecule has 0 amide bonds. The number of hydrogen-bond donors (Lipinski definition) is 0. The molecule has 5 heteroatoms. The lowest BCUT2D eigenvalue weighted by molar-refractivity contribution is -0.107. The molecule has 0 bridgehead atoms. The van der Waals surface area contributed by atoms with E-state index in [1.165, 1.54) is 10.2 Å². The van der Waals surface area contributed by atoms with Crippen molar-refractivity contribution in [2.45, 2.75) is 32.6 Å². The Morgan fingerprint density at radius 3 is 2.63 bits per heavy atom. The minimum atomic E-state index is -0.524. The van der Waals surface area contributed by atoms with Crippen molar-refractivity contribution < 1.29 is 9.21 Å². The molecule has 0 aliphatic rings. The lowest BCUT2D eigenvalue weighted by Gasteiger charge is -2.01. The van der Waals surface area contributed by atoms with Crippen LogP contribution in [0.25, 0.3) is 5.69 Å². The summed E-state index contributed by atoms with van der Waals surface area (Å²) in [4.78, 5) is 21.9. The molecule has 2 rings (SSSR count). The summed E-state index contributed by atoms with van der Waals surface area (Å²) in [5.41, 5.74) is 1.90. The largest absolute Gasteiger partial charge is 0.441 e. The maximum atomic E-state index is 11.7. The van der Waals surface area contributed by atoms with Crippen LogP contribution in [0.2, 0.25) is 0 Å². The fraction of sp³-hybridized carbons (Fsp3) is 0.357. The molecule has 0 saturated heterocycles. The van der Waals surface area contributed by atoms with Crippen molar-refractivity contribution >= 4 is 6.29 Å². The van der Waals surface area contributed by atoms with Crippen molar-refractivity contribution in [2.75, 3.05) is 0 Å². The lowest BCUT2D eigenvalue weighted by Crippen LogP contribution is -2.13. The molecule has 0 saturated carbocycles. The number of carbonyl (C=O) groups excluding carboxylic acids is 1. The number of aldehydes is 1. The summed E-state index contributed by atoms with van der Waals surface area (Å²) >= 11 is 0. The van der Waals surface area contributed by atoms with Crippen LogP contribution < -0.4 is 5.76 Å². The van der Waals surface area contributed by atoms with E-state index < -0.39 is 5.76 Å². The van der Waals surface area contributed by atoms with Gasteiger partial charge in [0, 0.05) is 12.8 Å². The third-order valence-electron chi connectivity index (χ3n) is 2.79. The van der Waals surface area contributed by atoms with E-state index in [2.05, 4.69) is 12.0 Å². The van der Waals surface area contributed by atoms with Gasteiger partial charge in [0.05, 0.1) is 5.69 Å². The van der Waals surface area contributed by atoms with Gasteiger partial charge in [-0.3, -0.25) is 0 Å². The van der Waals surface area contributed by atoms with Gasteiger partial charge in [0.1, 0.15) is 6.29 Å². The summed E-state index contributed by atoms with van der Waals surface area (Å²) in [5.74, 6) is -0.237. The Morgan fingerprint density at radius 2 is 2.00 bits per heavy atom. The standard InChI is InChI=1S/C14H16N2O3/c1-2-4-11-6-8-12(9-7-11)16-14(18)19-13(15-16)5-3-10-17/h6-10H,2-5H2,1H3. The van der Waals surface area contributed by atoms with E-state index in [4.69, 9.17) is 4.42 Å². The average molecular weight is 260 g/mol. The van der Waals surface area contributed by atoms with Gasteiger partial charge < -0.3 is 9.21 Å². The molecule has 1 aromatic carbocycles. The van der Waals surface area contributed by atoms with E-state index >= 15 is 0 Å². The van der Waals surface area contributed by atoms with Crippen LogP contribution >= 0.6 is 0 Å². The first-order chi connectivity index (χ1) is 9.24. The van der Waals surface area contributed by atoms with Gasteiger partial charge in [0.15, 0.2) is 0 Å². The van der Waals surface area contributed by atoms with Gasteiger partial charge in [-0.2, -0.15) is 4.68 Å². The first-order valence-electron chi connectivity index (χ1n) is 6.36. The average Bonchev–Trinajstić information content (AvgIpc) is 2.79. The van der Waals surface area contributed by atoms with Crippen LogP contribution in [0.1, 0.15) is 31.2 Å². The number of aryl methyl sites for hydroxylation is 2. The van der Waals surface area contributed by atoms with E-state index in [0.29, 0.717) is 18.5 Å². The smallest absolute Gasteiger partial charge is 0.392 e. The molecule has 0 atom stereocenters. The molecular weight excluding hydrogens is 244 g/mol. The first-order valence-corrected chi connectivity index (χ1v) is 6.36. The fourth-order valence-electron chi connectivity index (χ4n) is 1.86. The zero-order valence-electron chi connectivity index (χ0n) is 10.8. The molecular formula is C14H16N2O3. The zero-order chi connectivity index (χ0) is 13.7. The number of hydrogen-bond acceptors (Lipinski definition) is 4. The Bertz CT molecular complexity index is 596. The van der Waals surface area contributed by atoms with E-state index in [0.717, 1.165) is 19.1 Å². The molecule has 0 N–H and O–H groups in total. The molecule has 0 aliphatic heterocycles. The molecule has 2 aromatic rings. The molecule has 19 heavy (non-hydrogen) atoms. The van der Waals surface area contributed by atoms with Crippen LogP contribution in [0.3, 0.4) is 0 Å². The van der Waals surface area contributed by atoms with Crippen molar-refractivity contribution in [3.63, 3.8) is 0 Å². The second kappa shape index (κ2) is 6.13. The van der Waals surface area contributed by atoms with Crippen LogP contribution in [0.5, 0.6) is 0 Å². The molecule has 0 aliphatic carbocycles. The zero-order valence-corrected chi connectivity index (χ0v) is 10.8. The third kappa shape index (κ3) is 3.19. The Morgan fingerprint density at radius 1 is 1.26 bits per heavy atom.